The van der Waals surface area contributed by atoms with E-state index in [1.807, 2.05) is 14.0 Å². The third kappa shape index (κ3) is 1.97. The molecule has 0 aromatic rings. The molecule has 1 fully saturated rings. The average molecular weight is 171 g/mol. The predicted molar refractivity (Wildman–Crippen MR) is 46.9 cm³/mol. The second-order valence-electron chi connectivity index (χ2n) is 3.57. The van der Waals surface area contributed by atoms with Crippen LogP contribution in [0.1, 0.15) is 26.7 Å². The van der Waals surface area contributed by atoms with Gasteiger partial charge in [0.05, 0.1) is 18.2 Å². The highest BCUT2D eigenvalue weighted by molar-refractivity contribution is 5.47. The summed E-state index contributed by atoms with van der Waals surface area (Å²) in [6.45, 7) is 4.11. The van der Waals surface area contributed by atoms with Crippen molar-refractivity contribution in [2.45, 2.75) is 44.9 Å². The molecule has 0 bridgehead atoms. The van der Waals surface area contributed by atoms with Gasteiger partial charge in [-0.05, 0) is 26.7 Å². The van der Waals surface area contributed by atoms with Crippen molar-refractivity contribution in [3.63, 3.8) is 0 Å². The topological polar surface area (TPSA) is 29.5 Å². The van der Waals surface area contributed by atoms with Crippen LogP contribution in [0.2, 0.25) is 0 Å². The molecule has 0 N–H and O–H groups in total. The number of likely N-dealkylation sites (N-methyl/N-ethyl adjacent to an activating group) is 1. The Kier molecular flexibility index (Phi) is 3.09. The summed E-state index contributed by atoms with van der Waals surface area (Å²) in [5.74, 6) is 0. The van der Waals surface area contributed by atoms with Crippen molar-refractivity contribution in [1.82, 2.24) is 4.90 Å². The van der Waals surface area contributed by atoms with E-state index in [1.165, 1.54) is 0 Å². The van der Waals surface area contributed by atoms with Gasteiger partial charge in [0, 0.05) is 7.05 Å². The fourth-order valence-electron chi connectivity index (χ4n) is 1.78. The summed E-state index contributed by atoms with van der Waals surface area (Å²) in [5.41, 5.74) is 0. The van der Waals surface area contributed by atoms with Crippen molar-refractivity contribution in [3.8, 4) is 0 Å². The largest absolute Gasteiger partial charge is 0.373 e. The van der Waals surface area contributed by atoms with E-state index in [0.29, 0.717) is 6.10 Å². The normalized spacial score (nSPS) is 36.1. The van der Waals surface area contributed by atoms with Gasteiger partial charge in [-0.1, -0.05) is 0 Å². The second-order valence-corrected chi connectivity index (χ2v) is 3.57. The third-order valence-corrected chi connectivity index (χ3v) is 2.55. The summed E-state index contributed by atoms with van der Waals surface area (Å²) in [5, 5.41) is 0. The van der Waals surface area contributed by atoms with Crippen LogP contribution < -0.4 is 0 Å². The molecule has 0 aromatic carbocycles. The molecule has 3 nitrogen and oxygen atoms in total. The SMILES string of the molecule is C[C@H]1CCC(N(C)C=O)[C@@H](C)O1. The number of hydrogen-bond acceptors (Lipinski definition) is 2. The Morgan fingerprint density at radius 3 is 2.58 bits per heavy atom. The molecule has 1 amide bonds. The lowest BCUT2D eigenvalue weighted by atomic mass is 9.99. The number of carbonyl (C=O) groups excluding carboxylic acids is 1. The highest BCUT2D eigenvalue weighted by atomic mass is 16.5. The molecule has 0 saturated carbocycles. The van der Waals surface area contributed by atoms with Crippen molar-refractivity contribution < 1.29 is 9.53 Å². The molecule has 12 heavy (non-hydrogen) atoms. The summed E-state index contributed by atoms with van der Waals surface area (Å²) >= 11 is 0. The number of hydrogen-bond donors (Lipinski definition) is 0. The standard InChI is InChI=1S/C9H17NO2/c1-7-4-5-9(8(2)12-7)10(3)6-11/h6-9H,4-5H2,1-3H3/t7-,8+,9?/m0/s1. The molecule has 1 unspecified atom stereocenters. The second kappa shape index (κ2) is 3.90. The molecule has 3 heteroatoms. The summed E-state index contributed by atoms with van der Waals surface area (Å²) in [4.78, 5) is 12.2. The van der Waals surface area contributed by atoms with Gasteiger partial charge in [-0.25, -0.2) is 0 Å². The zero-order valence-electron chi connectivity index (χ0n) is 7.99. The lowest BCUT2D eigenvalue weighted by molar-refractivity contribution is -0.128. The van der Waals surface area contributed by atoms with Crippen molar-refractivity contribution in [1.29, 1.82) is 0 Å². The van der Waals surface area contributed by atoms with Gasteiger partial charge in [0.1, 0.15) is 0 Å². The first-order valence-electron chi connectivity index (χ1n) is 4.48. The first kappa shape index (κ1) is 9.52. The monoisotopic (exact) mass is 171 g/mol. The minimum Gasteiger partial charge on any atom is -0.373 e. The molecule has 0 aromatic heterocycles. The molecule has 1 aliphatic rings. The molecule has 1 saturated heterocycles. The maximum Gasteiger partial charge on any atom is 0.209 e. The van der Waals surface area contributed by atoms with E-state index in [-0.39, 0.29) is 12.1 Å². The van der Waals surface area contributed by atoms with Gasteiger partial charge in [-0.2, -0.15) is 0 Å². The van der Waals surface area contributed by atoms with Crippen LogP contribution in [0.3, 0.4) is 0 Å². The van der Waals surface area contributed by atoms with E-state index in [1.54, 1.807) is 4.90 Å². The van der Waals surface area contributed by atoms with Crippen LogP contribution >= 0.6 is 0 Å². The van der Waals surface area contributed by atoms with Crippen LogP contribution in [0.15, 0.2) is 0 Å². The van der Waals surface area contributed by atoms with Gasteiger partial charge >= 0.3 is 0 Å². The fraction of sp³-hybridized carbons (Fsp3) is 0.889. The summed E-state index contributed by atoms with van der Waals surface area (Å²) < 4.78 is 5.62. The van der Waals surface area contributed by atoms with Crippen LogP contribution in [0, 0.1) is 0 Å². The Hall–Kier alpha value is -0.570. The Bertz CT molecular complexity index is 161. The Morgan fingerprint density at radius 1 is 1.42 bits per heavy atom. The Morgan fingerprint density at radius 2 is 2.08 bits per heavy atom. The third-order valence-electron chi connectivity index (χ3n) is 2.55. The van der Waals surface area contributed by atoms with E-state index in [0.717, 1.165) is 19.3 Å². The van der Waals surface area contributed by atoms with Crippen molar-refractivity contribution in [3.05, 3.63) is 0 Å². The van der Waals surface area contributed by atoms with E-state index in [2.05, 4.69) is 6.92 Å². The predicted octanol–water partition coefficient (Wildman–Crippen LogP) is 1.03. The van der Waals surface area contributed by atoms with Gasteiger partial charge < -0.3 is 9.64 Å². The molecule has 1 rings (SSSR count). The number of amides is 1. The molecule has 1 heterocycles. The van der Waals surface area contributed by atoms with E-state index >= 15 is 0 Å². The fourth-order valence-corrected chi connectivity index (χ4v) is 1.78. The van der Waals surface area contributed by atoms with Crippen molar-refractivity contribution >= 4 is 6.41 Å². The van der Waals surface area contributed by atoms with Crippen LogP contribution in [0.4, 0.5) is 0 Å². The molecular formula is C9H17NO2. The van der Waals surface area contributed by atoms with Crippen LogP contribution in [-0.4, -0.2) is 36.6 Å². The van der Waals surface area contributed by atoms with Crippen molar-refractivity contribution in [2.24, 2.45) is 0 Å². The maximum absolute atomic E-state index is 10.5. The number of rotatable bonds is 2. The maximum atomic E-state index is 10.5. The number of ether oxygens (including phenoxy) is 1. The molecule has 1 aliphatic heterocycles. The summed E-state index contributed by atoms with van der Waals surface area (Å²) in [6, 6.07) is 0.263. The van der Waals surface area contributed by atoms with Gasteiger partial charge in [-0.3, -0.25) is 4.79 Å². The molecule has 70 valence electrons. The lowest BCUT2D eigenvalue weighted by Crippen LogP contribution is -2.45. The minimum atomic E-state index is 0.170. The first-order valence-corrected chi connectivity index (χ1v) is 4.48. The van der Waals surface area contributed by atoms with E-state index < -0.39 is 0 Å². The highest BCUT2D eigenvalue weighted by Gasteiger charge is 2.28. The molecular weight excluding hydrogens is 154 g/mol. The van der Waals surface area contributed by atoms with Crippen LogP contribution in [-0.2, 0) is 9.53 Å². The highest BCUT2D eigenvalue weighted by Crippen LogP contribution is 2.21. The Balaban J connectivity index is 2.49. The van der Waals surface area contributed by atoms with Gasteiger partial charge in [-0.15, -0.1) is 0 Å². The van der Waals surface area contributed by atoms with Crippen molar-refractivity contribution in [2.75, 3.05) is 7.05 Å². The smallest absolute Gasteiger partial charge is 0.209 e. The zero-order chi connectivity index (χ0) is 9.14. The van der Waals surface area contributed by atoms with E-state index in [4.69, 9.17) is 4.74 Å². The molecule has 3 atom stereocenters. The molecule has 0 aliphatic carbocycles. The molecule has 0 spiro atoms. The Labute approximate surface area is 73.7 Å². The zero-order valence-corrected chi connectivity index (χ0v) is 7.99. The first-order chi connectivity index (χ1) is 5.65. The minimum absolute atomic E-state index is 0.170. The van der Waals surface area contributed by atoms with Gasteiger partial charge in [0.2, 0.25) is 6.41 Å². The number of carbonyl (C=O) groups is 1. The summed E-state index contributed by atoms with van der Waals surface area (Å²) in [7, 11) is 1.81. The summed E-state index contributed by atoms with van der Waals surface area (Å²) in [6.07, 6.45) is 3.49. The average Bonchev–Trinajstić information content (AvgIpc) is 2.03. The van der Waals surface area contributed by atoms with Gasteiger partial charge in [0.25, 0.3) is 0 Å². The number of nitrogens with zero attached hydrogens (tertiary/aromatic N) is 1. The van der Waals surface area contributed by atoms with Gasteiger partial charge in [0.15, 0.2) is 0 Å². The quantitative estimate of drug-likeness (QED) is 0.581. The van der Waals surface area contributed by atoms with E-state index in [9.17, 15) is 4.79 Å². The van der Waals surface area contributed by atoms with Crippen LogP contribution in [0.5, 0.6) is 0 Å². The molecule has 0 radical (unpaired) electrons. The van der Waals surface area contributed by atoms with Crippen LogP contribution in [0.25, 0.3) is 0 Å². The lowest BCUT2D eigenvalue weighted by Gasteiger charge is -2.36.